The van der Waals surface area contributed by atoms with Gasteiger partial charge in [0, 0.05) is 25.1 Å². The van der Waals surface area contributed by atoms with Gasteiger partial charge in [0.1, 0.15) is 5.65 Å². The van der Waals surface area contributed by atoms with Gasteiger partial charge < -0.3 is 4.40 Å². The summed E-state index contributed by atoms with van der Waals surface area (Å²) in [7, 11) is -3.52. The highest BCUT2D eigenvalue weighted by molar-refractivity contribution is 7.89. The molecule has 6 heteroatoms. The molecule has 0 bridgehead atoms. The van der Waals surface area contributed by atoms with Crippen molar-refractivity contribution in [3.05, 3.63) is 66.1 Å². The first-order valence-electron chi connectivity index (χ1n) is 7.94. The van der Waals surface area contributed by atoms with Gasteiger partial charge >= 0.3 is 0 Å². The lowest BCUT2D eigenvalue weighted by Crippen LogP contribution is -2.23. The molecule has 1 N–H and O–H groups in total. The lowest BCUT2D eigenvalue weighted by molar-refractivity contribution is 0.581. The van der Waals surface area contributed by atoms with E-state index in [4.69, 9.17) is 0 Å². The van der Waals surface area contributed by atoms with Gasteiger partial charge in [0.05, 0.1) is 4.90 Å². The van der Waals surface area contributed by atoms with E-state index < -0.39 is 10.0 Å². The zero-order valence-electron chi connectivity index (χ0n) is 13.8. The number of hydrogen-bond acceptors (Lipinski definition) is 3. The van der Waals surface area contributed by atoms with Crippen LogP contribution in [0.4, 0.5) is 0 Å². The second kappa shape index (κ2) is 6.75. The maximum absolute atomic E-state index is 12.4. The van der Waals surface area contributed by atoms with Crippen LogP contribution in [0.1, 0.15) is 25.0 Å². The summed E-state index contributed by atoms with van der Waals surface area (Å²) >= 11 is 0. The van der Waals surface area contributed by atoms with Crippen LogP contribution in [-0.4, -0.2) is 17.8 Å². The monoisotopic (exact) mass is 343 g/mol. The van der Waals surface area contributed by atoms with Crippen LogP contribution in [0.25, 0.3) is 5.65 Å². The number of nitrogens with one attached hydrogen (secondary N) is 1. The topological polar surface area (TPSA) is 63.5 Å². The highest BCUT2D eigenvalue weighted by Gasteiger charge is 2.14. The Morgan fingerprint density at radius 3 is 2.54 bits per heavy atom. The number of hydrogen-bond donors (Lipinski definition) is 1. The Kier molecular flexibility index (Phi) is 4.69. The van der Waals surface area contributed by atoms with Crippen molar-refractivity contribution in [3.8, 4) is 0 Å². The van der Waals surface area contributed by atoms with E-state index in [2.05, 4.69) is 23.6 Å². The Bertz CT molecular complexity index is 928. The Morgan fingerprint density at radius 2 is 1.83 bits per heavy atom. The van der Waals surface area contributed by atoms with Crippen molar-refractivity contribution in [1.82, 2.24) is 14.1 Å². The Labute approximate surface area is 142 Å². The molecule has 0 aliphatic carbocycles. The third kappa shape index (κ3) is 3.83. The SMILES string of the molecule is CC(C)Cc1ccc(S(=O)(=O)NCc2ccn3ccnc3c2)cc1. The van der Waals surface area contributed by atoms with Gasteiger partial charge in [-0.05, 0) is 47.7 Å². The number of rotatable bonds is 6. The molecule has 0 atom stereocenters. The maximum atomic E-state index is 12.4. The third-order valence-corrected chi connectivity index (χ3v) is 5.22. The second-order valence-corrected chi connectivity index (χ2v) is 8.06. The minimum Gasteiger partial charge on any atom is -0.307 e. The highest BCUT2D eigenvalue weighted by atomic mass is 32.2. The molecule has 0 aliphatic rings. The fourth-order valence-electron chi connectivity index (χ4n) is 2.60. The second-order valence-electron chi connectivity index (χ2n) is 6.29. The zero-order valence-corrected chi connectivity index (χ0v) is 14.6. The quantitative estimate of drug-likeness (QED) is 0.748. The van der Waals surface area contributed by atoms with Crippen LogP contribution in [-0.2, 0) is 23.0 Å². The zero-order chi connectivity index (χ0) is 17.2. The summed E-state index contributed by atoms with van der Waals surface area (Å²) in [4.78, 5) is 4.49. The van der Waals surface area contributed by atoms with Gasteiger partial charge in [-0.2, -0.15) is 0 Å². The summed E-state index contributed by atoms with van der Waals surface area (Å²) < 4.78 is 29.4. The predicted octanol–water partition coefficient (Wildman–Crippen LogP) is 3.01. The first-order valence-corrected chi connectivity index (χ1v) is 9.42. The van der Waals surface area contributed by atoms with Crippen molar-refractivity contribution in [3.63, 3.8) is 0 Å². The van der Waals surface area contributed by atoms with Crippen LogP contribution < -0.4 is 4.72 Å². The fraction of sp³-hybridized carbons (Fsp3) is 0.278. The van der Waals surface area contributed by atoms with Crippen molar-refractivity contribution in [1.29, 1.82) is 0 Å². The van der Waals surface area contributed by atoms with E-state index in [9.17, 15) is 8.42 Å². The van der Waals surface area contributed by atoms with E-state index in [0.717, 1.165) is 23.2 Å². The molecular weight excluding hydrogens is 322 g/mol. The smallest absolute Gasteiger partial charge is 0.240 e. The highest BCUT2D eigenvalue weighted by Crippen LogP contribution is 2.14. The lowest BCUT2D eigenvalue weighted by Gasteiger charge is -2.09. The van der Waals surface area contributed by atoms with Crippen molar-refractivity contribution >= 4 is 15.7 Å². The van der Waals surface area contributed by atoms with Crippen LogP contribution in [0.15, 0.2) is 59.9 Å². The van der Waals surface area contributed by atoms with Crippen molar-refractivity contribution in [2.45, 2.75) is 31.7 Å². The molecule has 1 aromatic carbocycles. The van der Waals surface area contributed by atoms with Gasteiger partial charge in [0.15, 0.2) is 0 Å². The largest absolute Gasteiger partial charge is 0.307 e. The van der Waals surface area contributed by atoms with E-state index in [1.54, 1.807) is 18.3 Å². The normalized spacial score (nSPS) is 12.1. The van der Waals surface area contributed by atoms with Gasteiger partial charge in [-0.25, -0.2) is 18.1 Å². The van der Waals surface area contributed by atoms with Crippen molar-refractivity contribution in [2.75, 3.05) is 0 Å². The molecule has 0 saturated heterocycles. The van der Waals surface area contributed by atoms with E-state index in [-0.39, 0.29) is 11.4 Å². The summed E-state index contributed by atoms with van der Waals surface area (Å²) in [6.07, 6.45) is 6.37. The summed E-state index contributed by atoms with van der Waals surface area (Å²) in [5.41, 5.74) is 2.81. The molecule has 0 amide bonds. The van der Waals surface area contributed by atoms with E-state index in [0.29, 0.717) is 5.92 Å². The molecule has 0 saturated carbocycles. The average Bonchev–Trinajstić information content (AvgIpc) is 3.00. The van der Waals surface area contributed by atoms with Gasteiger partial charge in [0.25, 0.3) is 0 Å². The van der Waals surface area contributed by atoms with E-state index >= 15 is 0 Å². The average molecular weight is 343 g/mol. The summed E-state index contributed by atoms with van der Waals surface area (Å²) in [6, 6.07) is 10.8. The lowest BCUT2D eigenvalue weighted by atomic mass is 10.0. The van der Waals surface area contributed by atoms with Gasteiger partial charge in [-0.3, -0.25) is 0 Å². The Morgan fingerprint density at radius 1 is 1.08 bits per heavy atom. The molecule has 126 valence electrons. The van der Waals surface area contributed by atoms with Gasteiger partial charge in [0.2, 0.25) is 10.0 Å². The van der Waals surface area contributed by atoms with Gasteiger partial charge in [-0.1, -0.05) is 26.0 Å². The first kappa shape index (κ1) is 16.7. The number of imidazole rings is 1. The Hall–Kier alpha value is -2.18. The molecule has 0 radical (unpaired) electrons. The van der Waals surface area contributed by atoms with Crippen molar-refractivity contribution in [2.24, 2.45) is 5.92 Å². The van der Waals surface area contributed by atoms with Gasteiger partial charge in [-0.15, -0.1) is 0 Å². The Balaban J connectivity index is 1.70. The summed E-state index contributed by atoms with van der Waals surface area (Å²) in [5.74, 6) is 0.545. The number of fused-ring (bicyclic) bond motifs is 1. The fourth-order valence-corrected chi connectivity index (χ4v) is 3.62. The van der Waals surface area contributed by atoms with Crippen LogP contribution in [0.5, 0.6) is 0 Å². The summed E-state index contributed by atoms with van der Waals surface area (Å²) in [6.45, 7) is 4.52. The van der Waals surface area contributed by atoms with Crippen molar-refractivity contribution < 1.29 is 8.42 Å². The summed E-state index contributed by atoms with van der Waals surface area (Å²) in [5, 5.41) is 0. The predicted molar refractivity (Wildman–Crippen MR) is 94.2 cm³/mol. The van der Waals surface area contributed by atoms with Crippen LogP contribution >= 0.6 is 0 Å². The van der Waals surface area contributed by atoms with E-state index in [1.165, 1.54) is 0 Å². The molecule has 5 nitrogen and oxygen atoms in total. The number of pyridine rings is 1. The molecule has 3 rings (SSSR count). The van der Waals surface area contributed by atoms with Crippen LogP contribution in [0.2, 0.25) is 0 Å². The molecule has 2 heterocycles. The van der Waals surface area contributed by atoms with Crippen LogP contribution in [0, 0.1) is 5.92 Å². The maximum Gasteiger partial charge on any atom is 0.240 e. The number of benzene rings is 1. The number of nitrogens with zero attached hydrogens (tertiary/aromatic N) is 2. The molecule has 0 fully saturated rings. The standard InChI is InChI=1S/C18H21N3O2S/c1-14(2)11-15-3-5-17(6-4-15)24(22,23)20-13-16-7-9-21-10-8-19-18(21)12-16/h3-10,12,14,20H,11,13H2,1-2H3. The molecule has 3 aromatic rings. The molecule has 2 aromatic heterocycles. The number of aromatic nitrogens is 2. The minimum atomic E-state index is -3.52. The molecule has 0 aliphatic heterocycles. The molecule has 0 unspecified atom stereocenters. The molecule has 24 heavy (non-hydrogen) atoms. The van der Waals surface area contributed by atoms with Crippen LogP contribution in [0.3, 0.4) is 0 Å². The van der Waals surface area contributed by atoms with E-state index in [1.807, 2.05) is 41.1 Å². The first-order chi connectivity index (χ1) is 11.4. The molecular formula is C18H21N3O2S. The minimum absolute atomic E-state index is 0.236. The molecule has 0 spiro atoms. The number of sulfonamides is 1. The third-order valence-electron chi connectivity index (χ3n) is 3.81.